The van der Waals surface area contributed by atoms with E-state index in [1.807, 2.05) is 0 Å². The maximum atomic E-state index is 11.8. The van der Waals surface area contributed by atoms with Gasteiger partial charge in [0.15, 0.2) is 11.5 Å². The molecule has 0 bridgehead atoms. The third-order valence-electron chi connectivity index (χ3n) is 2.81. The average Bonchev–Trinajstić information content (AvgIpc) is 2.48. The first-order chi connectivity index (χ1) is 10.5. The van der Waals surface area contributed by atoms with Crippen molar-refractivity contribution >= 4 is 12.1 Å². The summed E-state index contributed by atoms with van der Waals surface area (Å²) in [6.45, 7) is 0. The van der Waals surface area contributed by atoms with Crippen LogP contribution in [0.3, 0.4) is 0 Å². The second kappa shape index (κ2) is 6.49. The molecule has 0 radical (unpaired) electrons. The first-order valence-corrected chi connectivity index (χ1v) is 6.23. The van der Waals surface area contributed by atoms with Crippen LogP contribution in [0.5, 0.6) is 23.0 Å². The van der Waals surface area contributed by atoms with Crippen molar-refractivity contribution in [3.05, 3.63) is 47.5 Å². The Morgan fingerprint density at radius 1 is 1.14 bits per heavy atom. The Balaban J connectivity index is 2.07. The minimum atomic E-state index is -0.625. The van der Waals surface area contributed by atoms with Gasteiger partial charge in [0.05, 0.1) is 18.9 Å². The van der Waals surface area contributed by atoms with Crippen molar-refractivity contribution in [3.63, 3.8) is 0 Å². The second-order valence-corrected chi connectivity index (χ2v) is 4.33. The Morgan fingerprint density at radius 2 is 1.91 bits per heavy atom. The van der Waals surface area contributed by atoms with Crippen molar-refractivity contribution in [3.8, 4) is 23.0 Å². The summed E-state index contributed by atoms with van der Waals surface area (Å²) in [5.41, 5.74) is 2.83. The largest absolute Gasteiger partial charge is 0.508 e. The predicted molar refractivity (Wildman–Crippen MR) is 79.5 cm³/mol. The molecule has 0 aromatic heterocycles. The predicted octanol–water partition coefficient (Wildman–Crippen LogP) is 1.58. The minimum absolute atomic E-state index is 0.00213. The van der Waals surface area contributed by atoms with E-state index in [9.17, 15) is 15.0 Å². The SMILES string of the molecule is COc1cc(/C=N\NC(=O)c2ccc(O)cc2O)ccc1O. The van der Waals surface area contributed by atoms with Crippen LogP contribution in [0.4, 0.5) is 0 Å². The molecule has 0 atom stereocenters. The molecule has 7 nitrogen and oxygen atoms in total. The summed E-state index contributed by atoms with van der Waals surface area (Å²) >= 11 is 0. The third kappa shape index (κ3) is 3.45. The molecule has 0 unspecified atom stereocenters. The van der Waals surface area contributed by atoms with Crippen molar-refractivity contribution in [2.45, 2.75) is 0 Å². The number of nitrogens with one attached hydrogen (secondary N) is 1. The van der Waals surface area contributed by atoms with E-state index < -0.39 is 5.91 Å². The number of phenols is 3. The van der Waals surface area contributed by atoms with Crippen molar-refractivity contribution in [1.82, 2.24) is 5.43 Å². The highest BCUT2D eigenvalue weighted by Crippen LogP contribution is 2.25. The maximum Gasteiger partial charge on any atom is 0.275 e. The van der Waals surface area contributed by atoms with E-state index >= 15 is 0 Å². The maximum absolute atomic E-state index is 11.8. The zero-order chi connectivity index (χ0) is 16.1. The highest BCUT2D eigenvalue weighted by atomic mass is 16.5. The number of nitrogens with zero attached hydrogens (tertiary/aromatic N) is 1. The number of carbonyl (C=O) groups excluding carboxylic acids is 1. The van der Waals surface area contributed by atoms with E-state index in [0.717, 1.165) is 6.07 Å². The van der Waals surface area contributed by atoms with Crippen LogP contribution in [0.1, 0.15) is 15.9 Å². The molecule has 0 saturated carbocycles. The fourth-order valence-corrected chi connectivity index (χ4v) is 1.71. The van der Waals surface area contributed by atoms with Gasteiger partial charge in [-0.25, -0.2) is 5.43 Å². The Kier molecular flexibility index (Phi) is 4.47. The molecule has 0 aliphatic rings. The molecule has 7 heteroatoms. The van der Waals surface area contributed by atoms with Gasteiger partial charge in [0, 0.05) is 6.07 Å². The summed E-state index contributed by atoms with van der Waals surface area (Å²) in [7, 11) is 1.42. The summed E-state index contributed by atoms with van der Waals surface area (Å²) in [6, 6.07) is 8.19. The zero-order valence-corrected chi connectivity index (χ0v) is 11.6. The monoisotopic (exact) mass is 302 g/mol. The Hall–Kier alpha value is -3.22. The molecule has 0 spiro atoms. The number of ether oxygens (including phenoxy) is 1. The average molecular weight is 302 g/mol. The van der Waals surface area contributed by atoms with Gasteiger partial charge in [-0.05, 0) is 35.9 Å². The lowest BCUT2D eigenvalue weighted by molar-refractivity contribution is 0.0952. The van der Waals surface area contributed by atoms with E-state index in [-0.39, 0.29) is 28.6 Å². The number of methoxy groups -OCH3 is 1. The van der Waals surface area contributed by atoms with Crippen molar-refractivity contribution in [2.24, 2.45) is 5.10 Å². The number of hydrogen-bond acceptors (Lipinski definition) is 6. The topological polar surface area (TPSA) is 111 Å². The van der Waals surface area contributed by atoms with Crippen LogP contribution in [-0.4, -0.2) is 34.6 Å². The van der Waals surface area contributed by atoms with Crippen LogP contribution in [0, 0.1) is 0 Å². The fourth-order valence-electron chi connectivity index (χ4n) is 1.71. The summed E-state index contributed by atoms with van der Waals surface area (Å²) in [5, 5.41) is 31.9. The highest BCUT2D eigenvalue weighted by Gasteiger charge is 2.10. The van der Waals surface area contributed by atoms with Crippen molar-refractivity contribution in [1.29, 1.82) is 0 Å². The molecule has 0 saturated heterocycles. The van der Waals surface area contributed by atoms with Crippen LogP contribution in [-0.2, 0) is 0 Å². The van der Waals surface area contributed by atoms with Gasteiger partial charge < -0.3 is 20.1 Å². The van der Waals surface area contributed by atoms with E-state index in [0.29, 0.717) is 5.56 Å². The highest BCUT2D eigenvalue weighted by molar-refractivity contribution is 5.97. The summed E-state index contributed by atoms with van der Waals surface area (Å²) in [6.07, 6.45) is 1.36. The molecule has 114 valence electrons. The molecule has 22 heavy (non-hydrogen) atoms. The molecule has 0 aliphatic heterocycles. The van der Waals surface area contributed by atoms with Crippen molar-refractivity contribution < 1.29 is 24.9 Å². The molecule has 2 aromatic rings. The standard InChI is InChI=1S/C15H14N2O5/c1-22-14-6-9(2-5-12(14)19)8-16-17-15(21)11-4-3-10(18)7-13(11)20/h2-8,18-20H,1H3,(H,17,21)/b16-8-. The molecule has 0 fully saturated rings. The Bertz CT molecular complexity index is 728. The third-order valence-corrected chi connectivity index (χ3v) is 2.81. The van der Waals surface area contributed by atoms with E-state index in [1.165, 1.54) is 31.5 Å². The van der Waals surface area contributed by atoms with E-state index in [2.05, 4.69) is 10.5 Å². The quantitative estimate of drug-likeness (QED) is 0.506. The van der Waals surface area contributed by atoms with Crippen LogP contribution in [0.25, 0.3) is 0 Å². The molecular weight excluding hydrogens is 288 g/mol. The number of amides is 1. The van der Waals surface area contributed by atoms with Gasteiger partial charge >= 0.3 is 0 Å². The van der Waals surface area contributed by atoms with Gasteiger partial charge in [-0.15, -0.1) is 0 Å². The van der Waals surface area contributed by atoms with Gasteiger partial charge in [-0.2, -0.15) is 5.10 Å². The summed E-state index contributed by atoms with van der Waals surface area (Å²) in [4.78, 5) is 11.8. The lowest BCUT2D eigenvalue weighted by Gasteiger charge is -2.04. The lowest BCUT2D eigenvalue weighted by atomic mass is 10.2. The van der Waals surface area contributed by atoms with Gasteiger partial charge in [-0.1, -0.05) is 0 Å². The molecule has 1 amide bonds. The molecular formula is C15H14N2O5. The van der Waals surface area contributed by atoms with Crippen LogP contribution >= 0.6 is 0 Å². The number of aromatic hydroxyl groups is 3. The Morgan fingerprint density at radius 3 is 2.59 bits per heavy atom. The molecule has 0 heterocycles. The smallest absolute Gasteiger partial charge is 0.275 e. The summed E-state index contributed by atoms with van der Waals surface area (Å²) in [5.74, 6) is -0.837. The first-order valence-electron chi connectivity index (χ1n) is 6.23. The number of hydrazone groups is 1. The van der Waals surface area contributed by atoms with E-state index in [1.54, 1.807) is 12.1 Å². The molecule has 4 N–H and O–H groups in total. The number of benzene rings is 2. The molecule has 2 rings (SSSR count). The van der Waals surface area contributed by atoms with Gasteiger partial charge in [0.25, 0.3) is 5.91 Å². The number of rotatable bonds is 4. The van der Waals surface area contributed by atoms with Crippen LogP contribution in [0.15, 0.2) is 41.5 Å². The fraction of sp³-hybridized carbons (Fsp3) is 0.0667. The number of phenolic OH excluding ortho intramolecular Hbond substituents is 3. The normalized spacial score (nSPS) is 10.6. The van der Waals surface area contributed by atoms with Crippen LogP contribution in [0.2, 0.25) is 0 Å². The van der Waals surface area contributed by atoms with Gasteiger partial charge in [0.2, 0.25) is 0 Å². The number of hydrogen-bond donors (Lipinski definition) is 4. The second-order valence-electron chi connectivity index (χ2n) is 4.33. The lowest BCUT2D eigenvalue weighted by Crippen LogP contribution is -2.17. The zero-order valence-electron chi connectivity index (χ0n) is 11.6. The molecule has 2 aromatic carbocycles. The Labute approximate surface area is 126 Å². The summed E-state index contributed by atoms with van der Waals surface area (Å²) < 4.78 is 4.95. The van der Waals surface area contributed by atoms with E-state index in [4.69, 9.17) is 9.84 Å². The molecule has 0 aliphatic carbocycles. The first kappa shape index (κ1) is 15.2. The van der Waals surface area contributed by atoms with Gasteiger partial charge in [-0.3, -0.25) is 4.79 Å². The van der Waals surface area contributed by atoms with Crippen molar-refractivity contribution in [2.75, 3.05) is 7.11 Å². The van der Waals surface area contributed by atoms with Gasteiger partial charge in [0.1, 0.15) is 11.5 Å². The number of carbonyl (C=O) groups is 1. The minimum Gasteiger partial charge on any atom is -0.508 e. The van der Waals surface area contributed by atoms with Crippen LogP contribution < -0.4 is 10.2 Å².